The number of sulfonamides is 1. The Morgan fingerprint density at radius 3 is 2.24 bits per heavy atom. The molecule has 174 valence electrons. The van der Waals surface area contributed by atoms with Gasteiger partial charge in [0, 0.05) is 36.1 Å². The van der Waals surface area contributed by atoms with Crippen LogP contribution < -0.4 is 5.32 Å². The molecule has 1 saturated heterocycles. The molecule has 1 amide bonds. The molecule has 0 atom stereocenters. The Labute approximate surface area is 193 Å². The van der Waals surface area contributed by atoms with Crippen LogP contribution in [0.5, 0.6) is 0 Å². The van der Waals surface area contributed by atoms with Crippen LogP contribution in [0.3, 0.4) is 0 Å². The minimum Gasteiger partial charge on any atom is -0.306 e. The maximum absolute atomic E-state index is 13.1. The number of aromatic nitrogens is 4. The van der Waals surface area contributed by atoms with Crippen LogP contribution in [-0.2, 0) is 10.0 Å². The van der Waals surface area contributed by atoms with Gasteiger partial charge >= 0.3 is 0 Å². The Hall–Kier alpha value is -3.11. The number of nitrogens with zero attached hydrogens (tertiary/aromatic N) is 5. The molecule has 0 aliphatic carbocycles. The van der Waals surface area contributed by atoms with Gasteiger partial charge in [0.05, 0.1) is 10.6 Å². The summed E-state index contributed by atoms with van der Waals surface area (Å²) in [4.78, 5) is 22.0. The Bertz CT molecular complexity index is 1260. The molecule has 0 saturated carbocycles. The first-order valence-corrected chi connectivity index (χ1v) is 12.5. The van der Waals surface area contributed by atoms with Crippen LogP contribution in [0.1, 0.15) is 53.1 Å². The molecule has 9 nitrogen and oxygen atoms in total. The van der Waals surface area contributed by atoms with E-state index in [-0.39, 0.29) is 10.5 Å². The van der Waals surface area contributed by atoms with E-state index in [4.69, 9.17) is 0 Å². The summed E-state index contributed by atoms with van der Waals surface area (Å²) in [5.74, 6) is 0.324. The van der Waals surface area contributed by atoms with Gasteiger partial charge in [-0.2, -0.15) is 14.1 Å². The molecule has 0 spiro atoms. The van der Waals surface area contributed by atoms with Gasteiger partial charge in [0.25, 0.3) is 11.9 Å². The molecule has 3 aromatic rings. The number of nitrogens with one attached hydrogen (secondary N) is 1. The fourth-order valence-corrected chi connectivity index (χ4v) is 5.52. The van der Waals surface area contributed by atoms with Crippen LogP contribution in [0.15, 0.2) is 41.3 Å². The predicted octanol–water partition coefficient (Wildman–Crippen LogP) is 3.40. The first-order chi connectivity index (χ1) is 15.7. The zero-order chi connectivity index (χ0) is 23.6. The highest BCUT2D eigenvalue weighted by atomic mass is 32.2. The molecule has 1 N–H and O–H groups in total. The first-order valence-electron chi connectivity index (χ1n) is 11.0. The van der Waals surface area contributed by atoms with Crippen molar-refractivity contribution in [1.29, 1.82) is 0 Å². The van der Waals surface area contributed by atoms with Crippen molar-refractivity contribution >= 4 is 21.7 Å². The number of anilines is 1. The molecule has 1 aliphatic rings. The summed E-state index contributed by atoms with van der Waals surface area (Å²) in [6, 6.07) is 9.73. The van der Waals surface area contributed by atoms with Crippen molar-refractivity contribution in [3.63, 3.8) is 0 Å². The zero-order valence-electron chi connectivity index (χ0n) is 19.1. The van der Waals surface area contributed by atoms with E-state index in [9.17, 15) is 13.2 Å². The minimum atomic E-state index is -3.66. The Kier molecular flexibility index (Phi) is 6.57. The van der Waals surface area contributed by atoms with Gasteiger partial charge in [0.1, 0.15) is 5.82 Å². The van der Waals surface area contributed by atoms with Gasteiger partial charge in [-0.1, -0.05) is 18.9 Å². The van der Waals surface area contributed by atoms with Gasteiger partial charge in [0.2, 0.25) is 10.0 Å². The van der Waals surface area contributed by atoms with Gasteiger partial charge in [-0.25, -0.2) is 18.4 Å². The number of carbonyl (C=O) groups excluding carboxylic acids is 1. The van der Waals surface area contributed by atoms with Crippen molar-refractivity contribution in [1.82, 2.24) is 24.1 Å². The highest BCUT2D eigenvalue weighted by Gasteiger charge is 2.26. The van der Waals surface area contributed by atoms with Crippen LogP contribution in [0.2, 0.25) is 0 Å². The zero-order valence-corrected chi connectivity index (χ0v) is 19.9. The molecular formula is C23H28N6O3S. The monoisotopic (exact) mass is 468 g/mol. The van der Waals surface area contributed by atoms with Crippen LogP contribution in [-0.4, -0.2) is 51.5 Å². The number of hydrogen-bond donors (Lipinski definition) is 1. The van der Waals surface area contributed by atoms with Crippen LogP contribution in [0, 0.1) is 20.8 Å². The molecule has 3 heterocycles. The van der Waals surface area contributed by atoms with E-state index in [0.717, 1.165) is 37.1 Å². The van der Waals surface area contributed by atoms with Crippen molar-refractivity contribution < 1.29 is 13.2 Å². The third kappa shape index (κ3) is 5.12. The smallest absolute Gasteiger partial charge is 0.256 e. The number of benzene rings is 1. The molecule has 1 fully saturated rings. The molecule has 1 aliphatic heterocycles. The van der Waals surface area contributed by atoms with Crippen LogP contribution in [0.25, 0.3) is 5.95 Å². The summed E-state index contributed by atoms with van der Waals surface area (Å²) < 4.78 is 29.3. The minimum absolute atomic E-state index is 0.124. The van der Waals surface area contributed by atoms with Crippen molar-refractivity contribution in [2.45, 2.75) is 51.3 Å². The molecule has 10 heteroatoms. The van der Waals surface area contributed by atoms with Crippen LogP contribution >= 0.6 is 0 Å². The first kappa shape index (κ1) is 23.1. The fraction of sp³-hybridized carbons (Fsp3) is 0.391. The summed E-state index contributed by atoms with van der Waals surface area (Å²) in [5, 5.41) is 7.24. The maximum atomic E-state index is 13.1. The maximum Gasteiger partial charge on any atom is 0.256 e. The highest BCUT2D eigenvalue weighted by molar-refractivity contribution is 7.89. The number of aryl methyl sites for hydroxylation is 3. The van der Waals surface area contributed by atoms with E-state index < -0.39 is 15.9 Å². The fourth-order valence-electron chi connectivity index (χ4n) is 3.96. The standard InChI is InChI=1S/C23H28N6O3S/c1-16-13-17(2)25-23(24-16)29-21(14-18(3)27-29)26-22(30)19-9-8-10-20(15-19)33(31,32)28-11-6-4-5-7-12-28/h8-10,13-15H,4-7,11-12H2,1-3H3,(H,26,30). The number of hydrogen-bond acceptors (Lipinski definition) is 6. The second-order valence-corrected chi connectivity index (χ2v) is 10.3. The number of rotatable bonds is 5. The van der Waals surface area contributed by atoms with E-state index in [1.165, 1.54) is 21.1 Å². The SMILES string of the molecule is Cc1cc(C)nc(-n2nc(C)cc2NC(=O)c2cccc(S(=O)(=O)N3CCCCCC3)c2)n1. The van der Waals surface area contributed by atoms with Gasteiger partial charge in [-0.3, -0.25) is 4.79 Å². The molecule has 0 radical (unpaired) electrons. The van der Waals surface area contributed by atoms with Gasteiger partial charge in [0.15, 0.2) is 0 Å². The highest BCUT2D eigenvalue weighted by Crippen LogP contribution is 2.22. The van der Waals surface area contributed by atoms with Crippen LogP contribution in [0.4, 0.5) is 5.82 Å². The lowest BCUT2D eigenvalue weighted by Crippen LogP contribution is -2.32. The molecular weight excluding hydrogens is 440 g/mol. The van der Waals surface area contributed by atoms with Gasteiger partial charge in [-0.15, -0.1) is 0 Å². The summed E-state index contributed by atoms with van der Waals surface area (Å²) >= 11 is 0. The second kappa shape index (κ2) is 9.40. The predicted molar refractivity (Wildman–Crippen MR) is 125 cm³/mol. The topological polar surface area (TPSA) is 110 Å². The normalized spacial score (nSPS) is 15.2. The van der Waals surface area contributed by atoms with E-state index in [2.05, 4.69) is 20.4 Å². The van der Waals surface area contributed by atoms with E-state index in [1.54, 1.807) is 18.2 Å². The summed E-state index contributed by atoms with van der Waals surface area (Å²) in [5.41, 5.74) is 2.51. The summed E-state index contributed by atoms with van der Waals surface area (Å²) in [6.07, 6.45) is 3.77. The molecule has 33 heavy (non-hydrogen) atoms. The van der Waals surface area contributed by atoms with E-state index >= 15 is 0 Å². The average Bonchev–Trinajstić information content (AvgIpc) is 2.96. The third-order valence-corrected chi connectivity index (χ3v) is 7.43. The molecule has 0 unspecified atom stereocenters. The van der Waals surface area contributed by atoms with Gasteiger partial charge < -0.3 is 5.32 Å². The second-order valence-electron chi connectivity index (χ2n) is 8.33. The van der Waals surface area contributed by atoms with Crippen molar-refractivity contribution in [2.24, 2.45) is 0 Å². The lowest BCUT2D eigenvalue weighted by Gasteiger charge is -2.20. The lowest BCUT2D eigenvalue weighted by molar-refractivity contribution is 0.102. The Morgan fingerprint density at radius 1 is 0.909 bits per heavy atom. The quantitative estimate of drug-likeness (QED) is 0.614. The van der Waals surface area contributed by atoms with E-state index in [1.807, 2.05) is 26.8 Å². The third-order valence-electron chi connectivity index (χ3n) is 5.53. The summed E-state index contributed by atoms with van der Waals surface area (Å²) in [7, 11) is -3.66. The molecule has 4 rings (SSSR count). The Balaban J connectivity index is 1.60. The van der Waals surface area contributed by atoms with Crippen molar-refractivity contribution in [2.75, 3.05) is 18.4 Å². The number of amides is 1. The van der Waals surface area contributed by atoms with E-state index in [0.29, 0.717) is 30.5 Å². The molecule has 1 aromatic carbocycles. The Morgan fingerprint density at radius 2 is 1.58 bits per heavy atom. The lowest BCUT2D eigenvalue weighted by atomic mass is 10.2. The number of carbonyl (C=O) groups is 1. The average molecular weight is 469 g/mol. The summed E-state index contributed by atoms with van der Waals surface area (Å²) in [6.45, 7) is 6.55. The largest absolute Gasteiger partial charge is 0.306 e. The van der Waals surface area contributed by atoms with Crippen molar-refractivity contribution in [3.8, 4) is 5.95 Å². The van der Waals surface area contributed by atoms with Gasteiger partial charge in [-0.05, 0) is 57.9 Å². The molecule has 0 bridgehead atoms. The molecule has 2 aromatic heterocycles. The van der Waals surface area contributed by atoms with Crippen molar-refractivity contribution in [3.05, 3.63) is 59.0 Å².